The molecule has 2 rings (SSSR count). The van der Waals surface area contributed by atoms with Gasteiger partial charge in [-0.1, -0.05) is 0 Å². The zero-order chi connectivity index (χ0) is 14.4. The molecule has 0 radical (unpaired) electrons. The molecular formula is C13H20N6O. The molecule has 0 aliphatic carbocycles. The fraction of sp³-hybridized carbons (Fsp3) is 0.462. The summed E-state index contributed by atoms with van der Waals surface area (Å²) in [7, 11) is 1.87. The SMILES string of the molecule is CCNc1cc(Nc2ccn(C)n2)nc(COCC)n1. The van der Waals surface area contributed by atoms with Crippen LogP contribution in [-0.4, -0.2) is 32.9 Å². The van der Waals surface area contributed by atoms with Crippen LogP contribution in [0, 0.1) is 0 Å². The molecule has 2 aromatic heterocycles. The summed E-state index contributed by atoms with van der Waals surface area (Å²) in [6, 6.07) is 3.74. The molecule has 20 heavy (non-hydrogen) atoms. The molecule has 108 valence electrons. The first-order valence-corrected chi connectivity index (χ1v) is 6.67. The maximum Gasteiger partial charge on any atom is 0.158 e. The van der Waals surface area contributed by atoms with Gasteiger partial charge in [-0.15, -0.1) is 0 Å². The number of nitrogens with zero attached hydrogens (tertiary/aromatic N) is 4. The first kappa shape index (κ1) is 14.3. The maximum absolute atomic E-state index is 5.36. The molecule has 7 nitrogen and oxygen atoms in total. The Morgan fingerprint density at radius 3 is 2.65 bits per heavy atom. The summed E-state index contributed by atoms with van der Waals surface area (Å²) in [6.07, 6.45) is 1.87. The average Bonchev–Trinajstić information content (AvgIpc) is 2.82. The van der Waals surface area contributed by atoms with Crippen molar-refractivity contribution in [1.29, 1.82) is 0 Å². The highest BCUT2D eigenvalue weighted by molar-refractivity contribution is 5.55. The molecule has 0 amide bonds. The number of rotatable bonds is 7. The van der Waals surface area contributed by atoms with E-state index in [9.17, 15) is 0 Å². The van der Waals surface area contributed by atoms with Crippen molar-refractivity contribution >= 4 is 17.5 Å². The lowest BCUT2D eigenvalue weighted by molar-refractivity contribution is 0.128. The summed E-state index contributed by atoms with van der Waals surface area (Å²) < 4.78 is 7.09. The van der Waals surface area contributed by atoms with Gasteiger partial charge in [0, 0.05) is 38.5 Å². The summed E-state index contributed by atoms with van der Waals surface area (Å²) in [5.41, 5.74) is 0. The standard InChI is InChI=1S/C13H20N6O/c1-4-14-11-8-12(15-10-6-7-19(3)18-10)17-13(16-11)9-20-5-2/h6-8H,4-5,9H2,1-3H3,(H2,14,15,16,17,18). The topological polar surface area (TPSA) is 76.9 Å². The Labute approximate surface area is 118 Å². The van der Waals surface area contributed by atoms with Crippen LogP contribution < -0.4 is 10.6 Å². The number of aromatic nitrogens is 4. The highest BCUT2D eigenvalue weighted by Crippen LogP contribution is 2.16. The zero-order valence-electron chi connectivity index (χ0n) is 12.1. The van der Waals surface area contributed by atoms with Crippen LogP contribution in [0.15, 0.2) is 18.3 Å². The molecule has 0 saturated carbocycles. The lowest BCUT2D eigenvalue weighted by atomic mass is 10.4. The van der Waals surface area contributed by atoms with Gasteiger partial charge in [0.2, 0.25) is 0 Å². The van der Waals surface area contributed by atoms with Gasteiger partial charge in [0.1, 0.15) is 18.2 Å². The first-order valence-electron chi connectivity index (χ1n) is 6.67. The molecule has 0 aliphatic heterocycles. The van der Waals surface area contributed by atoms with Crippen molar-refractivity contribution in [3.63, 3.8) is 0 Å². The van der Waals surface area contributed by atoms with Crippen LogP contribution in [0.4, 0.5) is 17.5 Å². The number of aryl methyl sites for hydroxylation is 1. The second-order valence-electron chi connectivity index (χ2n) is 4.22. The quantitative estimate of drug-likeness (QED) is 0.804. The normalized spacial score (nSPS) is 10.6. The molecule has 7 heteroatoms. The van der Waals surface area contributed by atoms with E-state index in [1.165, 1.54) is 0 Å². The van der Waals surface area contributed by atoms with E-state index in [2.05, 4.69) is 25.7 Å². The van der Waals surface area contributed by atoms with Crippen molar-refractivity contribution in [1.82, 2.24) is 19.7 Å². The Morgan fingerprint density at radius 1 is 1.20 bits per heavy atom. The number of nitrogens with one attached hydrogen (secondary N) is 2. The fourth-order valence-electron chi connectivity index (χ4n) is 1.70. The van der Waals surface area contributed by atoms with Gasteiger partial charge in [-0.3, -0.25) is 4.68 Å². The molecule has 0 unspecified atom stereocenters. The number of anilines is 3. The predicted molar refractivity (Wildman–Crippen MR) is 78.0 cm³/mol. The molecule has 0 aliphatic rings. The van der Waals surface area contributed by atoms with Crippen LogP contribution in [0.1, 0.15) is 19.7 Å². The maximum atomic E-state index is 5.36. The van der Waals surface area contributed by atoms with Crippen LogP contribution in [0.3, 0.4) is 0 Å². The molecule has 2 heterocycles. The average molecular weight is 276 g/mol. The Morgan fingerprint density at radius 2 is 2.00 bits per heavy atom. The molecular weight excluding hydrogens is 256 g/mol. The van der Waals surface area contributed by atoms with Crippen molar-refractivity contribution < 1.29 is 4.74 Å². The minimum absolute atomic E-state index is 0.395. The highest BCUT2D eigenvalue weighted by atomic mass is 16.5. The van der Waals surface area contributed by atoms with Gasteiger partial charge in [-0.25, -0.2) is 9.97 Å². The van der Waals surface area contributed by atoms with Gasteiger partial charge in [0.25, 0.3) is 0 Å². The van der Waals surface area contributed by atoms with Crippen LogP contribution >= 0.6 is 0 Å². The summed E-state index contributed by atoms with van der Waals surface area (Å²) in [5.74, 6) is 2.86. The number of hydrogen-bond donors (Lipinski definition) is 2. The minimum Gasteiger partial charge on any atom is -0.374 e. The third-order valence-electron chi connectivity index (χ3n) is 2.54. The molecule has 0 fully saturated rings. The zero-order valence-corrected chi connectivity index (χ0v) is 12.1. The Kier molecular flexibility index (Phi) is 4.89. The Hall–Kier alpha value is -2.15. The third-order valence-corrected chi connectivity index (χ3v) is 2.54. The molecule has 0 atom stereocenters. The molecule has 2 aromatic rings. The van der Waals surface area contributed by atoms with Crippen molar-refractivity contribution in [3.05, 3.63) is 24.2 Å². The van der Waals surface area contributed by atoms with E-state index in [1.807, 2.05) is 39.2 Å². The van der Waals surface area contributed by atoms with E-state index in [1.54, 1.807) is 4.68 Å². The van der Waals surface area contributed by atoms with Crippen molar-refractivity contribution in [2.45, 2.75) is 20.5 Å². The van der Waals surface area contributed by atoms with Crippen LogP contribution in [0.2, 0.25) is 0 Å². The third kappa shape index (κ3) is 3.92. The van der Waals surface area contributed by atoms with E-state index >= 15 is 0 Å². The molecule has 0 bridgehead atoms. The monoisotopic (exact) mass is 276 g/mol. The lowest BCUT2D eigenvalue weighted by Crippen LogP contribution is -2.07. The van der Waals surface area contributed by atoms with Crippen LogP contribution in [-0.2, 0) is 18.4 Å². The number of ether oxygens (including phenoxy) is 1. The van der Waals surface area contributed by atoms with Crippen molar-refractivity contribution in [3.8, 4) is 0 Å². The van der Waals surface area contributed by atoms with Crippen LogP contribution in [0.5, 0.6) is 0 Å². The van der Waals surface area contributed by atoms with E-state index in [4.69, 9.17) is 4.74 Å². The molecule has 2 N–H and O–H groups in total. The Bertz CT molecular complexity index is 554. The summed E-state index contributed by atoms with van der Waals surface area (Å²) >= 11 is 0. The summed E-state index contributed by atoms with van der Waals surface area (Å²) in [4.78, 5) is 8.82. The summed E-state index contributed by atoms with van der Waals surface area (Å²) in [6.45, 7) is 5.80. The second kappa shape index (κ2) is 6.85. The van der Waals surface area contributed by atoms with Gasteiger partial charge in [0.05, 0.1) is 0 Å². The number of hydrogen-bond acceptors (Lipinski definition) is 6. The second-order valence-corrected chi connectivity index (χ2v) is 4.22. The fourth-order valence-corrected chi connectivity index (χ4v) is 1.70. The Balaban J connectivity index is 2.18. The van der Waals surface area contributed by atoms with E-state index in [0.29, 0.717) is 24.9 Å². The molecule has 0 saturated heterocycles. The van der Waals surface area contributed by atoms with Gasteiger partial charge < -0.3 is 15.4 Å². The smallest absolute Gasteiger partial charge is 0.158 e. The van der Waals surface area contributed by atoms with Crippen molar-refractivity contribution in [2.75, 3.05) is 23.8 Å². The molecule has 0 aromatic carbocycles. The van der Waals surface area contributed by atoms with Crippen LogP contribution in [0.25, 0.3) is 0 Å². The van der Waals surface area contributed by atoms with E-state index in [0.717, 1.165) is 18.2 Å². The van der Waals surface area contributed by atoms with E-state index in [-0.39, 0.29) is 0 Å². The van der Waals surface area contributed by atoms with Gasteiger partial charge in [-0.2, -0.15) is 5.10 Å². The molecule has 0 spiro atoms. The lowest BCUT2D eigenvalue weighted by Gasteiger charge is -2.09. The van der Waals surface area contributed by atoms with Crippen molar-refractivity contribution in [2.24, 2.45) is 7.05 Å². The first-order chi connectivity index (χ1) is 9.71. The minimum atomic E-state index is 0.395. The van der Waals surface area contributed by atoms with E-state index < -0.39 is 0 Å². The summed E-state index contributed by atoms with van der Waals surface area (Å²) in [5, 5.41) is 10.6. The van der Waals surface area contributed by atoms with Gasteiger partial charge >= 0.3 is 0 Å². The largest absolute Gasteiger partial charge is 0.374 e. The van der Waals surface area contributed by atoms with Gasteiger partial charge in [-0.05, 0) is 13.8 Å². The predicted octanol–water partition coefficient (Wildman–Crippen LogP) is 1.92. The highest BCUT2D eigenvalue weighted by Gasteiger charge is 2.06. The van der Waals surface area contributed by atoms with Gasteiger partial charge in [0.15, 0.2) is 11.6 Å².